The molecule has 0 radical (unpaired) electrons. The molecule has 1 amide bonds. The molecule has 3 nitrogen and oxygen atoms in total. The van der Waals surface area contributed by atoms with Gasteiger partial charge in [0.2, 0.25) is 5.91 Å². The highest BCUT2D eigenvalue weighted by atomic mass is 32.1. The summed E-state index contributed by atoms with van der Waals surface area (Å²) in [6.45, 7) is 2.73. The van der Waals surface area contributed by atoms with Crippen LogP contribution in [0.15, 0.2) is 47.2 Å². The quantitative estimate of drug-likeness (QED) is 0.638. The third-order valence-electron chi connectivity index (χ3n) is 5.03. The summed E-state index contributed by atoms with van der Waals surface area (Å²) in [6.07, 6.45) is 0.921. The molecule has 3 aromatic rings. The van der Waals surface area contributed by atoms with Crippen molar-refractivity contribution in [2.45, 2.75) is 25.4 Å². The van der Waals surface area contributed by atoms with Gasteiger partial charge in [-0.05, 0) is 47.9 Å². The second-order valence-electron chi connectivity index (χ2n) is 6.89. The van der Waals surface area contributed by atoms with Crippen LogP contribution in [0.1, 0.15) is 39.9 Å². The lowest BCUT2D eigenvalue weighted by molar-refractivity contribution is -0.123. The fourth-order valence-electron chi connectivity index (χ4n) is 3.72. The minimum Gasteiger partial charge on any atom is -0.348 e. The maximum atomic E-state index is 14.0. The maximum absolute atomic E-state index is 14.0. The summed E-state index contributed by atoms with van der Waals surface area (Å²) < 4.78 is 27.1. The first kappa shape index (κ1) is 19.2. The van der Waals surface area contributed by atoms with Crippen LogP contribution >= 0.6 is 22.7 Å². The molecule has 0 fully saturated rings. The van der Waals surface area contributed by atoms with Gasteiger partial charge in [-0.15, -0.1) is 22.7 Å². The van der Waals surface area contributed by atoms with Gasteiger partial charge >= 0.3 is 0 Å². The minimum absolute atomic E-state index is 0.0682. The molecule has 1 aliphatic rings. The Hall–Kier alpha value is -2.09. The second-order valence-corrected chi connectivity index (χ2v) is 8.87. The molecule has 4 rings (SSSR count). The van der Waals surface area contributed by atoms with Gasteiger partial charge < -0.3 is 5.32 Å². The van der Waals surface area contributed by atoms with E-state index in [0.717, 1.165) is 19.0 Å². The molecule has 2 atom stereocenters. The number of rotatable bonds is 5. The summed E-state index contributed by atoms with van der Waals surface area (Å²) in [7, 11) is 0. The van der Waals surface area contributed by atoms with E-state index in [9.17, 15) is 13.6 Å². The van der Waals surface area contributed by atoms with Crippen LogP contribution in [0.3, 0.4) is 0 Å². The smallest absolute Gasteiger partial charge is 0.234 e. The van der Waals surface area contributed by atoms with Crippen molar-refractivity contribution in [1.29, 1.82) is 0 Å². The van der Waals surface area contributed by atoms with Crippen molar-refractivity contribution in [2.75, 3.05) is 13.1 Å². The Labute approximate surface area is 170 Å². The SMILES string of the molecule is CC(NC(=O)CN1CCc2sccc2C1c1cccs1)c1ccc(F)cc1F. The lowest BCUT2D eigenvalue weighted by Gasteiger charge is -2.35. The molecule has 28 heavy (non-hydrogen) atoms. The molecular formula is C21H20F2N2OS2. The van der Waals surface area contributed by atoms with Crippen LogP contribution in [0.4, 0.5) is 8.78 Å². The summed E-state index contributed by atoms with van der Waals surface area (Å²) in [5, 5.41) is 7.00. The Morgan fingerprint density at radius 2 is 2.11 bits per heavy atom. The molecule has 0 aliphatic carbocycles. The standard InChI is InChI=1S/C21H20F2N2OS2/c1-13(15-5-4-14(22)11-17(15)23)24-20(26)12-25-8-6-18-16(7-10-28-18)21(25)19-3-2-9-27-19/h2-5,7,9-11,13,21H,6,8,12H2,1H3,(H,24,26). The largest absolute Gasteiger partial charge is 0.348 e. The molecule has 1 aromatic carbocycles. The molecule has 3 heterocycles. The van der Waals surface area contributed by atoms with Crippen molar-refractivity contribution in [2.24, 2.45) is 0 Å². The van der Waals surface area contributed by atoms with Crippen LogP contribution in [0, 0.1) is 11.6 Å². The van der Waals surface area contributed by atoms with Gasteiger partial charge in [-0.1, -0.05) is 12.1 Å². The Morgan fingerprint density at radius 1 is 1.25 bits per heavy atom. The van der Waals surface area contributed by atoms with Gasteiger partial charge in [-0.3, -0.25) is 9.69 Å². The van der Waals surface area contributed by atoms with Gasteiger partial charge in [0.15, 0.2) is 0 Å². The summed E-state index contributed by atoms with van der Waals surface area (Å²) in [6, 6.07) is 9.23. The third kappa shape index (κ3) is 3.87. The Balaban J connectivity index is 1.49. The fourth-order valence-corrected chi connectivity index (χ4v) is 5.50. The number of hydrogen-bond acceptors (Lipinski definition) is 4. The van der Waals surface area contributed by atoms with Crippen molar-refractivity contribution in [3.8, 4) is 0 Å². The number of hydrogen-bond donors (Lipinski definition) is 1. The second kappa shape index (κ2) is 8.11. The van der Waals surface area contributed by atoms with E-state index in [2.05, 4.69) is 27.7 Å². The van der Waals surface area contributed by atoms with Crippen LogP contribution in [0.5, 0.6) is 0 Å². The highest BCUT2D eigenvalue weighted by Crippen LogP contribution is 2.39. The highest BCUT2D eigenvalue weighted by Gasteiger charge is 2.31. The molecular weight excluding hydrogens is 398 g/mol. The van der Waals surface area contributed by atoms with Gasteiger partial charge in [-0.2, -0.15) is 0 Å². The lowest BCUT2D eigenvalue weighted by Crippen LogP contribution is -2.43. The van der Waals surface area contributed by atoms with Gasteiger partial charge in [-0.25, -0.2) is 8.78 Å². The molecule has 1 N–H and O–H groups in total. The van der Waals surface area contributed by atoms with E-state index in [1.54, 1.807) is 29.6 Å². The van der Waals surface area contributed by atoms with Crippen LogP contribution in [-0.4, -0.2) is 23.9 Å². The van der Waals surface area contributed by atoms with E-state index >= 15 is 0 Å². The van der Waals surface area contributed by atoms with Crippen molar-refractivity contribution in [3.05, 3.63) is 79.7 Å². The zero-order chi connectivity index (χ0) is 19.7. The summed E-state index contributed by atoms with van der Waals surface area (Å²) in [4.78, 5) is 17.5. The highest BCUT2D eigenvalue weighted by molar-refractivity contribution is 7.10. The summed E-state index contributed by atoms with van der Waals surface area (Å²) in [5.41, 5.74) is 1.55. The number of nitrogens with one attached hydrogen (secondary N) is 1. The van der Waals surface area contributed by atoms with Crippen LogP contribution < -0.4 is 5.32 Å². The van der Waals surface area contributed by atoms with Crippen molar-refractivity contribution in [3.63, 3.8) is 0 Å². The first-order chi connectivity index (χ1) is 13.5. The molecule has 0 saturated carbocycles. The van der Waals surface area contributed by atoms with Crippen LogP contribution in [0.25, 0.3) is 0 Å². The number of amides is 1. The monoisotopic (exact) mass is 418 g/mol. The predicted octanol–water partition coefficient (Wildman–Crippen LogP) is 4.91. The number of carbonyl (C=O) groups excluding carboxylic acids is 1. The van der Waals surface area contributed by atoms with Gasteiger partial charge in [0.1, 0.15) is 11.6 Å². The first-order valence-corrected chi connectivity index (χ1v) is 10.9. The maximum Gasteiger partial charge on any atom is 0.234 e. The minimum atomic E-state index is -0.648. The number of thiophene rings is 2. The number of nitrogens with zero attached hydrogens (tertiary/aromatic N) is 1. The summed E-state index contributed by atoms with van der Waals surface area (Å²) >= 11 is 3.45. The van der Waals surface area contributed by atoms with Crippen LogP contribution in [-0.2, 0) is 11.2 Å². The topological polar surface area (TPSA) is 32.3 Å². The van der Waals surface area contributed by atoms with E-state index in [1.165, 1.54) is 27.5 Å². The zero-order valence-corrected chi connectivity index (χ0v) is 17.0. The van der Waals surface area contributed by atoms with E-state index in [4.69, 9.17) is 0 Å². The predicted molar refractivity (Wildman–Crippen MR) is 109 cm³/mol. The van der Waals surface area contributed by atoms with Crippen molar-refractivity contribution < 1.29 is 13.6 Å². The average molecular weight is 419 g/mol. The number of fused-ring (bicyclic) bond motifs is 1. The van der Waals surface area contributed by atoms with Gasteiger partial charge in [0.25, 0.3) is 0 Å². The molecule has 1 aliphatic heterocycles. The Morgan fingerprint density at radius 3 is 2.86 bits per heavy atom. The van der Waals surface area contributed by atoms with E-state index in [-0.39, 0.29) is 24.1 Å². The molecule has 0 bridgehead atoms. The fraction of sp³-hybridized carbons (Fsp3) is 0.286. The normalized spacial score (nSPS) is 17.9. The molecule has 146 valence electrons. The van der Waals surface area contributed by atoms with E-state index in [0.29, 0.717) is 0 Å². The van der Waals surface area contributed by atoms with Gasteiger partial charge in [0.05, 0.1) is 18.6 Å². The van der Waals surface area contributed by atoms with Gasteiger partial charge in [0, 0.05) is 27.9 Å². The summed E-state index contributed by atoms with van der Waals surface area (Å²) in [5.74, 6) is -1.44. The Kier molecular flexibility index (Phi) is 5.57. The number of benzene rings is 1. The third-order valence-corrected chi connectivity index (χ3v) is 6.95. The zero-order valence-electron chi connectivity index (χ0n) is 15.3. The Bertz CT molecular complexity index is 971. The average Bonchev–Trinajstić information content (AvgIpc) is 3.33. The number of carbonyl (C=O) groups is 1. The van der Waals surface area contributed by atoms with Crippen LogP contribution in [0.2, 0.25) is 0 Å². The molecule has 2 aromatic heterocycles. The molecule has 0 saturated heterocycles. The van der Waals surface area contributed by atoms with Crippen molar-refractivity contribution in [1.82, 2.24) is 10.2 Å². The van der Waals surface area contributed by atoms with E-state index < -0.39 is 17.7 Å². The van der Waals surface area contributed by atoms with E-state index in [1.807, 2.05) is 11.4 Å². The molecule has 2 unspecified atom stereocenters. The lowest BCUT2D eigenvalue weighted by atomic mass is 9.98. The molecule has 0 spiro atoms. The molecule has 7 heteroatoms. The van der Waals surface area contributed by atoms with Crippen molar-refractivity contribution >= 4 is 28.6 Å². The number of halogens is 2. The first-order valence-electron chi connectivity index (χ1n) is 9.11.